The highest BCUT2D eigenvalue weighted by atomic mass is 19.1. The number of hydrogen-bond acceptors (Lipinski definition) is 4. The van der Waals surface area contributed by atoms with Crippen molar-refractivity contribution in [3.05, 3.63) is 52.3 Å². The standard InChI is InChI=1S/C13H13FN4O2/c14-12-5-10(18(19)20)3-4-13(12)16-7-11-6-15-8-17(11)9-1-2-9/h3-6,8-9,16H,1-2,7H2. The van der Waals surface area contributed by atoms with Crippen LogP contribution in [-0.2, 0) is 6.54 Å². The summed E-state index contributed by atoms with van der Waals surface area (Å²) in [6.45, 7) is 0.436. The third kappa shape index (κ3) is 2.47. The van der Waals surface area contributed by atoms with Gasteiger partial charge in [0.25, 0.3) is 5.69 Å². The summed E-state index contributed by atoms with van der Waals surface area (Å²) in [5, 5.41) is 13.5. The van der Waals surface area contributed by atoms with Gasteiger partial charge in [0, 0.05) is 18.3 Å². The number of aromatic nitrogens is 2. The number of nitro groups is 1. The van der Waals surface area contributed by atoms with Crippen LogP contribution in [0.2, 0.25) is 0 Å². The highest BCUT2D eigenvalue weighted by Gasteiger charge is 2.25. The lowest BCUT2D eigenvalue weighted by molar-refractivity contribution is -0.385. The van der Waals surface area contributed by atoms with Gasteiger partial charge < -0.3 is 9.88 Å². The van der Waals surface area contributed by atoms with E-state index in [-0.39, 0.29) is 11.4 Å². The fraction of sp³-hybridized carbons (Fsp3) is 0.308. The van der Waals surface area contributed by atoms with Crippen LogP contribution in [0.4, 0.5) is 15.8 Å². The van der Waals surface area contributed by atoms with Crippen molar-refractivity contribution in [3.8, 4) is 0 Å². The zero-order valence-electron chi connectivity index (χ0n) is 10.6. The highest BCUT2D eigenvalue weighted by Crippen LogP contribution is 2.35. The van der Waals surface area contributed by atoms with Crippen LogP contribution >= 0.6 is 0 Å². The van der Waals surface area contributed by atoms with Crippen molar-refractivity contribution < 1.29 is 9.31 Å². The summed E-state index contributed by atoms with van der Waals surface area (Å²) in [4.78, 5) is 14.0. The molecule has 2 aromatic rings. The first-order valence-corrected chi connectivity index (χ1v) is 6.33. The normalized spacial score (nSPS) is 14.2. The SMILES string of the molecule is O=[N+]([O-])c1ccc(NCc2cncn2C2CC2)c(F)c1. The number of benzene rings is 1. The van der Waals surface area contributed by atoms with Crippen LogP contribution < -0.4 is 5.32 Å². The Hall–Kier alpha value is -2.44. The molecule has 0 unspecified atom stereocenters. The Morgan fingerprint density at radius 1 is 1.50 bits per heavy atom. The number of halogens is 1. The van der Waals surface area contributed by atoms with Gasteiger partial charge in [-0.1, -0.05) is 0 Å². The monoisotopic (exact) mass is 276 g/mol. The fourth-order valence-corrected chi connectivity index (χ4v) is 2.10. The van der Waals surface area contributed by atoms with Crippen molar-refractivity contribution in [2.45, 2.75) is 25.4 Å². The Morgan fingerprint density at radius 2 is 2.30 bits per heavy atom. The Morgan fingerprint density at radius 3 is 2.95 bits per heavy atom. The number of imidazole rings is 1. The molecule has 1 fully saturated rings. The molecule has 1 saturated carbocycles. The zero-order valence-corrected chi connectivity index (χ0v) is 10.6. The minimum Gasteiger partial charge on any atom is -0.377 e. The van der Waals surface area contributed by atoms with Crippen LogP contribution in [0.5, 0.6) is 0 Å². The number of anilines is 1. The topological polar surface area (TPSA) is 73.0 Å². The van der Waals surface area contributed by atoms with Gasteiger partial charge in [0.1, 0.15) is 0 Å². The minimum atomic E-state index is -0.628. The second-order valence-electron chi connectivity index (χ2n) is 4.80. The summed E-state index contributed by atoms with van der Waals surface area (Å²) in [6, 6.07) is 4.09. The van der Waals surface area contributed by atoms with E-state index < -0.39 is 10.7 Å². The minimum absolute atomic E-state index is 0.249. The van der Waals surface area contributed by atoms with Crippen molar-refractivity contribution in [2.24, 2.45) is 0 Å². The molecule has 3 rings (SSSR count). The lowest BCUT2D eigenvalue weighted by atomic mass is 10.2. The summed E-state index contributed by atoms with van der Waals surface area (Å²) < 4.78 is 15.8. The number of rotatable bonds is 5. The van der Waals surface area contributed by atoms with Crippen LogP contribution in [0.25, 0.3) is 0 Å². The van der Waals surface area contributed by atoms with Gasteiger partial charge in [-0.3, -0.25) is 10.1 Å². The average Bonchev–Trinajstić information content (AvgIpc) is 3.16. The smallest absolute Gasteiger partial charge is 0.272 e. The Balaban J connectivity index is 1.71. The maximum atomic E-state index is 13.7. The molecule has 20 heavy (non-hydrogen) atoms. The summed E-state index contributed by atoms with van der Waals surface area (Å²) >= 11 is 0. The van der Waals surface area contributed by atoms with Crippen molar-refractivity contribution >= 4 is 11.4 Å². The van der Waals surface area contributed by atoms with Crippen molar-refractivity contribution in [1.29, 1.82) is 0 Å². The van der Waals surface area contributed by atoms with E-state index in [1.165, 1.54) is 12.1 Å². The molecule has 0 amide bonds. The molecule has 6 nitrogen and oxygen atoms in total. The van der Waals surface area contributed by atoms with E-state index in [1.807, 2.05) is 0 Å². The Bertz CT molecular complexity index is 652. The van der Waals surface area contributed by atoms with Crippen LogP contribution in [0, 0.1) is 15.9 Å². The molecule has 0 atom stereocenters. The molecule has 1 heterocycles. The molecule has 1 aliphatic rings. The van der Waals surface area contributed by atoms with Crippen molar-refractivity contribution in [2.75, 3.05) is 5.32 Å². The van der Waals surface area contributed by atoms with Gasteiger partial charge in [0.15, 0.2) is 5.82 Å². The molecule has 1 aromatic carbocycles. The first kappa shape index (κ1) is 12.6. The Kier molecular flexibility index (Phi) is 3.09. The summed E-state index contributed by atoms with van der Waals surface area (Å²) in [6.07, 6.45) is 5.82. The molecule has 1 N–H and O–H groups in total. The fourth-order valence-electron chi connectivity index (χ4n) is 2.10. The van der Waals surface area contributed by atoms with E-state index in [0.29, 0.717) is 12.6 Å². The van der Waals surface area contributed by atoms with E-state index in [0.717, 1.165) is 24.6 Å². The first-order valence-electron chi connectivity index (χ1n) is 6.33. The molecule has 104 valence electrons. The van der Waals surface area contributed by atoms with Gasteiger partial charge >= 0.3 is 0 Å². The largest absolute Gasteiger partial charge is 0.377 e. The summed E-state index contributed by atoms with van der Waals surface area (Å²) in [5.41, 5.74) is 0.973. The maximum absolute atomic E-state index is 13.7. The van der Waals surface area contributed by atoms with Crippen LogP contribution in [-0.4, -0.2) is 14.5 Å². The predicted octanol–water partition coefficient (Wildman–Crippen LogP) is 2.88. The van der Waals surface area contributed by atoms with Crippen molar-refractivity contribution in [3.63, 3.8) is 0 Å². The van der Waals surface area contributed by atoms with Gasteiger partial charge in [-0.15, -0.1) is 0 Å². The lowest BCUT2D eigenvalue weighted by Crippen LogP contribution is -2.07. The van der Waals surface area contributed by atoms with E-state index in [4.69, 9.17) is 0 Å². The molecule has 0 aliphatic heterocycles. The second kappa shape index (κ2) is 4.92. The second-order valence-corrected chi connectivity index (χ2v) is 4.80. The molecular weight excluding hydrogens is 263 g/mol. The van der Waals surface area contributed by atoms with E-state index in [1.54, 1.807) is 12.5 Å². The number of non-ortho nitro benzene ring substituents is 1. The van der Waals surface area contributed by atoms with Gasteiger partial charge in [-0.2, -0.15) is 0 Å². The Labute approximate surface area is 114 Å². The van der Waals surface area contributed by atoms with E-state index >= 15 is 0 Å². The number of nitro benzene ring substituents is 1. The molecule has 7 heteroatoms. The maximum Gasteiger partial charge on any atom is 0.272 e. The number of nitrogens with zero attached hydrogens (tertiary/aromatic N) is 3. The average molecular weight is 276 g/mol. The number of hydrogen-bond donors (Lipinski definition) is 1. The van der Waals surface area contributed by atoms with Crippen LogP contribution in [0.1, 0.15) is 24.6 Å². The molecule has 1 aromatic heterocycles. The van der Waals surface area contributed by atoms with E-state index in [9.17, 15) is 14.5 Å². The summed E-state index contributed by atoms with van der Waals surface area (Å²) in [7, 11) is 0. The molecule has 1 aliphatic carbocycles. The van der Waals surface area contributed by atoms with Crippen LogP contribution in [0.15, 0.2) is 30.7 Å². The molecule has 0 radical (unpaired) electrons. The van der Waals surface area contributed by atoms with Crippen LogP contribution in [0.3, 0.4) is 0 Å². The van der Waals surface area contributed by atoms with E-state index in [2.05, 4.69) is 14.9 Å². The van der Waals surface area contributed by atoms with Gasteiger partial charge in [0.2, 0.25) is 0 Å². The third-order valence-corrected chi connectivity index (χ3v) is 3.31. The first-order chi connectivity index (χ1) is 9.65. The molecule has 0 saturated heterocycles. The van der Waals surface area contributed by atoms with Gasteiger partial charge in [0.05, 0.1) is 35.2 Å². The third-order valence-electron chi connectivity index (χ3n) is 3.31. The number of nitrogens with one attached hydrogen (secondary N) is 1. The lowest BCUT2D eigenvalue weighted by Gasteiger charge is -2.09. The highest BCUT2D eigenvalue weighted by molar-refractivity contribution is 5.50. The predicted molar refractivity (Wildman–Crippen MR) is 70.9 cm³/mol. The van der Waals surface area contributed by atoms with Gasteiger partial charge in [-0.25, -0.2) is 9.37 Å². The van der Waals surface area contributed by atoms with Crippen molar-refractivity contribution in [1.82, 2.24) is 9.55 Å². The zero-order chi connectivity index (χ0) is 14.1. The molecule has 0 bridgehead atoms. The summed E-state index contributed by atoms with van der Waals surface area (Å²) in [5.74, 6) is -0.628. The van der Waals surface area contributed by atoms with Gasteiger partial charge in [-0.05, 0) is 18.9 Å². The molecular formula is C13H13FN4O2. The quantitative estimate of drug-likeness (QED) is 0.673. The molecule has 0 spiro atoms.